The monoisotopic (exact) mass is 353 g/mol. The molecule has 1 aliphatic heterocycles. The first kappa shape index (κ1) is 16.5. The molecule has 21 heavy (non-hydrogen) atoms. The van der Waals surface area contributed by atoms with Crippen LogP contribution in [0.2, 0.25) is 0 Å². The first-order valence-electron chi connectivity index (χ1n) is 7.53. The number of benzene rings is 1. The second-order valence-corrected chi connectivity index (χ2v) is 6.62. The van der Waals surface area contributed by atoms with Crippen LogP contribution in [0.3, 0.4) is 0 Å². The van der Waals surface area contributed by atoms with Gasteiger partial charge in [-0.05, 0) is 51.1 Å². The van der Waals surface area contributed by atoms with Gasteiger partial charge >= 0.3 is 0 Å². The molecule has 1 aromatic rings. The molecule has 0 aromatic heterocycles. The third kappa shape index (κ3) is 5.09. The Hall–Kier alpha value is -0.910. The SMILES string of the molecule is CNC1CCCN(CC(=O)NC(C)c2ccc(Br)cc2)C1. The number of carbonyl (C=O) groups excluding carboxylic acids is 1. The van der Waals surface area contributed by atoms with Gasteiger partial charge in [-0.15, -0.1) is 0 Å². The molecule has 0 spiro atoms. The third-order valence-electron chi connectivity index (χ3n) is 4.03. The number of nitrogens with zero attached hydrogens (tertiary/aromatic N) is 1. The van der Waals surface area contributed by atoms with E-state index >= 15 is 0 Å². The zero-order valence-corrected chi connectivity index (χ0v) is 14.3. The van der Waals surface area contributed by atoms with Crippen molar-refractivity contribution >= 4 is 21.8 Å². The predicted octanol–water partition coefficient (Wildman–Crippen LogP) is 2.31. The summed E-state index contributed by atoms with van der Waals surface area (Å²) < 4.78 is 1.05. The van der Waals surface area contributed by atoms with Gasteiger partial charge in [0.05, 0.1) is 12.6 Å². The van der Waals surface area contributed by atoms with Crippen LogP contribution in [0.15, 0.2) is 28.7 Å². The molecular formula is C16H24BrN3O. The molecule has 0 saturated carbocycles. The normalized spacial score (nSPS) is 21.0. The molecule has 0 bridgehead atoms. The molecule has 2 atom stereocenters. The highest BCUT2D eigenvalue weighted by atomic mass is 79.9. The molecule has 2 N–H and O–H groups in total. The Labute approximate surface area is 135 Å². The highest BCUT2D eigenvalue weighted by Crippen LogP contribution is 2.16. The topological polar surface area (TPSA) is 44.4 Å². The first-order valence-corrected chi connectivity index (χ1v) is 8.32. The zero-order chi connectivity index (χ0) is 15.2. The summed E-state index contributed by atoms with van der Waals surface area (Å²) in [5, 5.41) is 6.38. The van der Waals surface area contributed by atoms with Gasteiger partial charge in [-0.3, -0.25) is 9.69 Å². The maximum atomic E-state index is 12.2. The lowest BCUT2D eigenvalue weighted by molar-refractivity contribution is -0.123. The Bertz CT molecular complexity index is 463. The van der Waals surface area contributed by atoms with Gasteiger partial charge in [0.25, 0.3) is 0 Å². The highest BCUT2D eigenvalue weighted by Gasteiger charge is 2.20. The van der Waals surface area contributed by atoms with E-state index in [0.29, 0.717) is 12.6 Å². The minimum Gasteiger partial charge on any atom is -0.348 e. The lowest BCUT2D eigenvalue weighted by Crippen LogP contribution is -2.48. The van der Waals surface area contributed by atoms with Crippen LogP contribution in [0.5, 0.6) is 0 Å². The lowest BCUT2D eigenvalue weighted by Gasteiger charge is -2.32. The molecule has 0 aliphatic carbocycles. The van der Waals surface area contributed by atoms with Crippen LogP contribution in [0.25, 0.3) is 0 Å². The molecule has 2 rings (SSSR count). The van der Waals surface area contributed by atoms with Crippen molar-refractivity contribution in [3.63, 3.8) is 0 Å². The predicted molar refractivity (Wildman–Crippen MR) is 89.2 cm³/mol. The fourth-order valence-corrected chi connectivity index (χ4v) is 3.02. The zero-order valence-electron chi connectivity index (χ0n) is 12.7. The molecule has 116 valence electrons. The van der Waals surface area contributed by atoms with Crippen LogP contribution in [0.1, 0.15) is 31.4 Å². The second kappa shape index (κ2) is 7.92. The second-order valence-electron chi connectivity index (χ2n) is 5.70. The number of nitrogens with one attached hydrogen (secondary N) is 2. The highest BCUT2D eigenvalue weighted by molar-refractivity contribution is 9.10. The molecule has 0 radical (unpaired) electrons. The van der Waals surface area contributed by atoms with Crippen molar-refractivity contribution in [3.05, 3.63) is 34.3 Å². The van der Waals surface area contributed by atoms with Crippen LogP contribution in [0.4, 0.5) is 0 Å². The van der Waals surface area contributed by atoms with Gasteiger partial charge in [-0.2, -0.15) is 0 Å². The summed E-state index contributed by atoms with van der Waals surface area (Å²) >= 11 is 3.42. The number of hydrogen-bond acceptors (Lipinski definition) is 3. The molecule has 1 aromatic carbocycles. The first-order chi connectivity index (χ1) is 10.1. The molecule has 2 unspecified atom stereocenters. The van der Waals surface area contributed by atoms with Crippen molar-refractivity contribution in [1.82, 2.24) is 15.5 Å². The summed E-state index contributed by atoms with van der Waals surface area (Å²) in [7, 11) is 1.99. The van der Waals surface area contributed by atoms with Crippen molar-refractivity contribution in [3.8, 4) is 0 Å². The van der Waals surface area contributed by atoms with E-state index in [1.165, 1.54) is 6.42 Å². The van der Waals surface area contributed by atoms with Crippen molar-refractivity contribution in [2.45, 2.75) is 31.8 Å². The number of rotatable bonds is 5. The van der Waals surface area contributed by atoms with Crippen molar-refractivity contribution in [1.29, 1.82) is 0 Å². The standard InChI is InChI=1S/C16H24BrN3O/c1-12(13-5-7-14(17)8-6-13)19-16(21)11-20-9-3-4-15(10-20)18-2/h5-8,12,15,18H,3-4,9-11H2,1-2H3,(H,19,21). The van der Waals surface area contributed by atoms with Crippen LogP contribution in [0, 0.1) is 0 Å². The molecule has 1 fully saturated rings. The van der Waals surface area contributed by atoms with Gasteiger partial charge in [-0.1, -0.05) is 28.1 Å². The fourth-order valence-electron chi connectivity index (χ4n) is 2.76. The Morgan fingerprint density at radius 1 is 1.43 bits per heavy atom. The van der Waals surface area contributed by atoms with Crippen molar-refractivity contribution in [2.24, 2.45) is 0 Å². The molecule has 5 heteroatoms. The quantitative estimate of drug-likeness (QED) is 0.853. The van der Waals surface area contributed by atoms with E-state index in [1.807, 2.05) is 38.2 Å². The molecular weight excluding hydrogens is 330 g/mol. The van der Waals surface area contributed by atoms with E-state index in [9.17, 15) is 4.79 Å². The van der Waals surface area contributed by atoms with E-state index in [-0.39, 0.29) is 11.9 Å². The summed E-state index contributed by atoms with van der Waals surface area (Å²) in [5.41, 5.74) is 1.12. The summed E-state index contributed by atoms with van der Waals surface area (Å²) in [4.78, 5) is 14.4. The number of hydrogen-bond donors (Lipinski definition) is 2. The minimum atomic E-state index is 0.0375. The number of likely N-dealkylation sites (tertiary alicyclic amines) is 1. The van der Waals surface area contributed by atoms with Crippen molar-refractivity contribution < 1.29 is 4.79 Å². The molecule has 1 aliphatic rings. The van der Waals surface area contributed by atoms with Crippen LogP contribution >= 0.6 is 15.9 Å². The maximum Gasteiger partial charge on any atom is 0.234 e. The Morgan fingerprint density at radius 3 is 2.81 bits per heavy atom. The van der Waals surface area contributed by atoms with E-state index < -0.39 is 0 Å². The smallest absolute Gasteiger partial charge is 0.234 e. The van der Waals surface area contributed by atoms with Gasteiger partial charge in [0.15, 0.2) is 0 Å². The summed E-state index contributed by atoms with van der Waals surface area (Å²) in [6.07, 6.45) is 2.35. The molecule has 4 nitrogen and oxygen atoms in total. The number of likely N-dealkylation sites (N-methyl/N-ethyl adjacent to an activating group) is 1. The van der Waals surface area contributed by atoms with Crippen LogP contribution in [-0.4, -0.2) is 43.5 Å². The molecule has 1 saturated heterocycles. The third-order valence-corrected chi connectivity index (χ3v) is 4.56. The summed E-state index contributed by atoms with van der Waals surface area (Å²) in [6, 6.07) is 8.62. The van der Waals surface area contributed by atoms with Crippen molar-refractivity contribution in [2.75, 3.05) is 26.7 Å². The average molecular weight is 354 g/mol. The Kier molecular flexibility index (Phi) is 6.21. The largest absolute Gasteiger partial charge is 0.348 e. The Morgan fingerprint density at radius 2 is 2.14 bits per heavy atom. The summed E-state index contributed by atoms with van der Waals surface area (Å²) in [6.45, 7) is 4.47. The maximum absolute atomic E-state index is 12.2. The van der Waals surface area contributed by atoms with E-state index in [4.69, 9.17) is 0 Å². The number of amides is 1. The van der Waals surface area contributed by atoms with E-state index in [1.54, 1.807) is 0 Å². The number of piperidine rings is 1. The lowest BCUT2D eigenvalue weighted by atomic mass is 10.1. The minimum absolute atomic E-state index is 0.0375. The molecule has 1 heterocycles. The average Bonchev–Trinajstić information content (AvgIpc) is 2.47. The molecule has 1 amide bonds. The number of halogens is 1. The van der Waals surface area contributed by atoms with Gasteiger partial charge in [0.2, 0.25) is 5.91 Å². The van der Waals surface area contributed by atoms with Gasteiger partial charge in [0.1, 0.15) is 0 Å². The van der Waals surface area contributed by atoms with Crippen LogP contribution < -0.4 is 10.6 Å². The van der Waals surface area contributed by atoms with Gasteiger partial charge < -0.3 is 10.6 Å². The number of carbonyl (C=O) groups is 1. The Balaban J connectivity index is 1.82. The van der Waals surface area contributed by atoms with Crippen LogP contribution in [-0.2, 0) is 4.79 Å². The van der Waals surface area contributed by atoms with E-state index in [2.05, 4.69) is 31.5 Å². The van der Waals surface area contributed by atoms with Gasteiger partial charge in [0, 0.05) is 17.1 Å². The van der Waals surface area contributed by atoms with Gasteiger partial charge in [-0.25, -0.2) is 0 Å². The van der Waals surface area contributed by atoms with E-state index in [0.717, 1.165) is 29.5 Å². The fraction of sp³-hybridized carbons (Fsp3) is 0.562. The summed E-state index contributed by atoms with van der Waals surface area (Å²) in [5.74, 6) is 0.0992.